The summed E-state index contributed by atoms with van der Waals surface area (Å²) in [6.45, 7) is 6.52. The normalized spacial score (nSPS) is 15.8. The zero-order valence-electron chi connectivity index (χ0n) is 18.1. The van der Waals surface area contributed by atoms with Gasteiger partial charge in [0, 0.05) is 31.9 Å². The van der Waals surface area contributed by atoms with Gasteiger partial charge in [0.25, 0.3) is 0 Å². The van der Waals surface area contributed by atoms with Gasteiger partial charge < -0.3 is 9.64 Å². The van der Waals surface area contributed by atoms with Crippen LogP contribution in [0.4, 0.5) is 10.1 Å². The molecule has 0 bridgehead atoms. The first kappa shape index (κ1) is 21.2. The lowest BCUT2D eigenvalue weighted by atomic mass is 10.1. The van der Waals surface area contributed by atoms with E-state index in [2.05, 4.69) is 44.4 Å². The minimum absolute atomic E-state index is 0.165. The molecule has 1 atom stereocenters. The summed E-state index contributed by atoms with van der Waals surface area (Å²) in [5.74, 6) is 1.52. The van der Waals surface area contributed by atoms with Gasteiger partial charge in [-0.3, -0.25) is 4.90 Å². The van der Waals surface area contributed by atoms with Crippen LogP contribution in [0.3, 0.4) is 0 Å². The molecular formula is C23H29FN6O. The number of aromatic nitrogens is 4. The molecule has 1 aliphatic rings. The summed E-state index contributed by atoms with van der Waals surface area (Å²) in [6.07, 6.45) is 2.04. The van der Waals surface area contributed by atoms with Crippen LogP contribution in [-0.2, 0) is 6.54 Å². The van der Waals surface area contributed by atoms with Crippen LogP contribution in [0.2, 0.25) is 0 Å². The molecule has 1 fully saturated rings. The van der Waals surface area contributed by atoms with E-state index in [1.54, 1.807) is 19.2 Å². The van der Waals surface area contributed by atoms with Crippen LogP contribution < -0.4 is 9.64 Å². The summed E-state index contributed by atoms with van der Waals surface area (Å²) in [4.78, 5) is 4.89. The van der Waals surface area contributed by atoms with E-state index in [0.717, 1.165) is 56.2 Å². The lowest BCUT2D eigenvalue weighted by Gasteiger charge is -2.39. The van der Waals surface area contributed by atoms with Gasteiger partial charge >= 0.3 is 0 Å². The van der Waals surface area contributed by atoms with Crippen molar-refractivity contribution >= 4 is 5.69 Å². The number of hydrogen-bond acceptors (Lipinski definition) is 6. The second-order valence-corrected chi connectivity index (χ2v) is 7.85. The number of halogens is 1. The quantitative estimate of drug-likeness (QED) is 0.551. The minimum Gasteiger partial charge on any atom is -0.497 e. The average molecular weight is 425 g/mol. The van der Waals surface area contributed by atoms with Crippen molar-refractivity contribution in [1.82, 2.24) is 25.1 Å². The molecule has 31 heavy (non-hydrogen) atoms. The number of rotatable bonds is 8. The Kier molecular flexibility index (Phi) is 6.76. The fourth-order valence-electron chi connectivity index (χ4n) is 4.16. The summed E-state index contributed by atoms with van der Waals surface area (Å²) in [5, 5.41) is 12.6. The Bertz CT molecular complexity index is 951. The molecule has 0 N–H and O–H groups in total. The maximum Gasteiger partial charge on any atom is 0.168 e. The summed E-state index contributed by atoms with van der Waals surface area (Å²) in [7, 11) is 1.69. The van der Waals surface area contributed by atoms with Gasteiger partial charge in [0.05, 0.1) is 19.7 Å². The van der Waals surface area contributed by atoms with E-state index in [-0.39, 0.29) is 11.9 Å². The Hall–Kier alpha value is -3.00. The van der Waals surface area contributed by atoms with Gasteiger partial charge in [-0.05, 0) is 58.8 Å². The molecule has 0 spiro atoms. The van der Waals surface area contributed by atoms with Crippen molar-refractivity contribution in [3.8, 4) is 5.75 Å². The number of benzene rings is 2. The predicted molar refractivity (Wildman–Crippen MR) is 118 cm³/mol. The monoisotopic (exact) mass is 424 g/mol. The fraction of sp³-hybridized carbons (Fsp3) is 0.435. The highest BCUT2D eigenvalue weighted by Gasteiger charge is 2.28. The van der Waals surface area contributed by atoms with Crippen molar-refractivity contribution in [2.75, 3.05) is 38.2 Å². The first-order valence-electron chi connectivity index (χ1n) is 10.8. The van der Waals surface area contributed by atoms with Crippen LogP contribution in [0.5, 0.6) is 5.75 Å². The Morgan fingerprint density at radius 3 is 2.35 bits per heavy atom. The van der Waals surface area contributed by atoms with Crippen LogP contribution in [-0.4, -0.2) is 58.4 Å². The van der Waals surface area contributed by atoms with E-state index in [0.29, 0.717) is 6.54 Å². The van der Waals surface area contributed by atoms with Gasteiger partial charge in [0.2, 0.25) is 0 Å². The molecular weight excluding hydrogens is 395 g/mol. The highest BCUT2D eigenvalue weighted by molar-refractivity contribution is 5.49. The van der Waals surface area contributed by atoms with Gasteiger partial charge in [-0.25, -0.2) is 9.07 Å². The summed E-state index contributed by atoms with van der Waals surface area (Å²) < 4.78 is 20.4. The number of tetrazole rings is 1. The molecule has 0 unspecified atom stereocenters. The zero-order chi connectivity index (χ0) is 21.6. The van der Waals surface area contributed by atoms with Crippen LogP contribution >= 0.6 is 0 Å². The van der Waals surface area contributed by atoms with E-state index >= 15 is 0 Å². The molecule has 3 aromatic rings. The molecule has 0 amide bonds. The Morgan fingerprint density at radius 1 is 1.00 bits per heavy atom. The highest BCUT2D eigenvalue weighted by Crippen LogP contribution is 2.27. The van der Waals surface area contributed by atoms with Crippen LogP contribution in [0.1, 0.15) is 37.2 Å². The maximum absolute atomic E-state index is 13.2. The second kappa shape index (κ2) is 9.87. The molecule has 2 heterocycles. The van der Waals surface area contributed by atoms with Gasteiger partial charge in [0.15, 0.2) is 5.82 Å². The molecule has 1 saturated heterocycles. The van der Waals surface area contributed by atoms with Crippen molar-refractivity contribution in [2.24, 2.45) is 0 Å². The molecule has 4 rings (SSSR count). The number of hydrogen-bond donors (Lipinski definition) is 0. The highest BCUT2D eigenvalue weighted by atomic mass is 19.1. The van der Waals surface area contributed by atoms with E-state index in [9.17, 15) is 4.39 Å². The number of methoxy groups -OCH3 is 1. The van der Waals surface area contributed by atoms with Crippen LogP contribution in [0, 0.1) is 5.82 Å². The number of nitrogens with zero attached hydrogens (tertiary/aromatic N) is 6. The standard InChI is InChI=1S/C23H29FN6O/c1-3-4-22(23-25-26-27-30(23)17-18-5-7-19(24)8-6-18)29-15-13-28(14-16-29)20-9-11-21(31-2)12-10-20/h5-12,22H,3-4,13-17H2,1-2H3/t22-/m0/s1. The van der Waals surface area contributed by atoms with E-state index < -0.39 is 0 Å². The zero-order valence-corrected chi connectivity index (χ0v) is 18.1. The summed E-state index contributed by atoms with van der Waals surface area (Å²) in [6, 6.07) is 14.9. The van der Waals surface area contributed by atoms with E-state index in [1.165, 1.54) is 17.8 Å². The smallest absolute Gasteiger partial charge is 0.168 e. The molecule has 1 aliphatic heterocycles. The topological polar surface area (TPSA) is 59.3 Å². The largest absolute Gasteiger partial charge is 0.497 e. The first-order chi connectivity index (χ1) is 15.2. The first-order valence-corrected chi connectivity index (χ1v) is 10.8. The molecule has 0 radical (unpaired) electrons. The van der Waals surface area contributed by atoms with Gasteiger partial charge in [-0.2, -0.15) is 0 Å². The maximum atomic E-state index is 13.2. The number of anilines is 1. The van der Waals surface area contributed by atoms with Crippen LogP contribution in [0.15, 0.2) is 48.5 Å². The third-order valence-electron chi connectivity index (χ3n) is 5.86. The van der Waals surface area contributed by atoms with E-state index in [4.69, 9.17) is 4.74 Å². The molecule has 1 aromatic heterocycles. The lowest BCUT2D eigenvalue weighted by molar-refractivity contribution is 0.164. The SMILES string of the molecule is CCC[C@@H](c1nnnn1Cc1ccc(F)cc1)N1CCN(c2ccc(OC)cc2)CC1. The van der Waals surface area contributed by atoms with Crippen molar-refractivity contribution in [1.29, 1.82) is 0 Å². The van der Waals surface area contributed by atoms with Gasteiger partial charge in [-0.15, -0.1) is 5.10 Å². The minimum atomic E-state index is -0.237. The summed E-state index contributed by atoms with van der Waals surface area (Å²) >= 11 is 0. The average Bonchev–Trinajstić information content (AvgIpc) is 3.27. The van der Waals surface area contributed by atoms with Crippen molar-refractivity contribution in [2.45, 2.75) is 32.4 Å². The number of ether oxygens (including phenoxy) is 1. The third kappa shape index (κ3) is 5.02. The molecule has 7 nitrogen and oxygen atoms in total. The van der Waals surface area contributed by atoms with Gasteiger partial charge in [0.1, 0.15) is 11.6 Å². The van der Waals surface area contributed by atoms with Crippen molar-refractivity contribution < 1.29 is 9.13 Å². The molecule has 0 saturated carbocycles. The predicted octanol–water partition coefficient (Wildman–Crippen LogP) is 3.53. The van der Waals surface area contributed by atoms with Gasteiger partial charge in [-0.1, -0.05) is 25.5 Å². The molecule has 164 valence electrons. The van der Waals surface area contributed by atoms with Crippen molar-refractivity contribution in [3.05, 3.63) is 65.7 Å². The van der Waals surface area contributed by atoms with E-state index in [1.807, 2.05) is 16.8 Å². The van der Waals surface area contributed by atoms with Crippen molar-refractivity contribution in [3.63, 3.8) is 0 Å². The molecule has 0 aliphatic carbocycles. The number of piperazine rings is 1. The second-order valence-electron chi connectivity index (χ2n) is 7.85. The lowest BCUT2D eigenvalue weighted by Crippen LogP contribution is -2.48. The van der Waals surface area contributed by atoms with Crippen LogP contribution in [0.25, 0.3) is 0 Å². The Morgan fingerprint density at radius 2 is 1.71 bits per heavy atom. The third-order valence-corrected chi connectivity index (χ3v) is 5.86. The molecule has 2 aromatic carbocycles. The fourth-order valence-corrected chi connectivity index (χ4v) is 4.16. The summed E-state index contributed by atoms with van der Waals surface area (Å²) in [5.41, 5.74) is 2.20. The Balaban J connectivity index is 1.45. The Labute approximate surface area is 182 Å². The molecule has 8 heteroatoms.